The number of fused-ring (bicyclic) bond motifs is 1. The van der Waals surface area contributed by atoms with Crippen LogP contribution in [0.5, 0.6) is 0 Å². The Kier molecular flexibility index (Phi) is 2.83. The summed E-state index contributed by atoms with van der Waals surface area (Å²) in [6, 6.07) is 7.12. The first-order valence-corrected chi connectivity index (χ1v) is 6.79. The van der Waals surface area contributed by atoms with Crippen LogP contribution in [0.4, 0.5) is 0 Å². The van der Waals surface area contributed by atoms with E-state index in [1.54, 1.807) is 23.5 Å². The van der Waals surface area contributed by atoms with Gasteiger partial charge in [-0.2, -0.15) is 11.3 Å². The maximum absolute atomic E-state index is 11.0. The minimum absolute atomic E-state index is 0.271. The molecule has 0 aliphatic carbocycles. The summed E-state index contributed by atoms with van der Waals surface area (Å²) in [5.74, 6) is 0.0166. The van der Waals surface area contributed by atoms with Crippen molar-refractivity contribution < 1.29 is 9.90 Å². The monoisotopic (exact) mass is 272 g/mol. The molecule has 0 radical (unpaired) electrons. The van der Waals surface area contributed by atoms with Crippen LogP contribution in [-0.2, 0) is 13.5 Å². The SMILES string of the molecule is Cn1c(Cc2ccsc2)nc2cc(C(=O)O)ccc21. The van der Waals surface area contributed by atoms with Crippen LogP contribution >= 0.6 is 11.3 Å². The molecule has 0 aliphatic rings. The zero-order chi connectivity index (χ0) is 13.4. The number of aromatic carboxylic acids is 1. The third kappa shape index (κ3) is 2.13. The number of carboxylic acid groups (broad SMARTS) is 1. The van der Waals surface area contributed by atoms with Crippen LogP contribution in [0.3, 0.4) is 0 Å². The molecule has 0 aliphatic heterocycles. The van der Waals surface area contributed by atoms with Crippen LogP contribution in [0.15, 0.2) is 35.0 Å². The standard InChI is InChI=1S/C14H12N2O2S/c1-16-12-3-2-10(14(17)18)7-11(12)15-13(16)6-9-4-5-19-8-9/h2-5,7-8H,6H2,1H3,(H,17,18). The second kappa shape index (κ2) is 4.51. The molecule has 2 heterocycles. The second-order valence-corrected chi connectivity index (χ2v) is 5.18. The van der Waals surface area contributed by atoms with Crippen molar-refractivity contribution in [3.05, 3.63) is 52.0 Å². The Bertz CT molecular complexity index is 744. The number of thiophene rings is 1. The molecule has 0 amide bonds. The van der Waals surface area contributed by atoms with Crippen molar-refractivity contribution in [3.8, 4) is 0 Å². The maximum atomic E-state index is 11.0. The Balaban J connectivity index is 2.06. The quantitative estimate of drug-likeness (QED) is 0.797. The zero-order valence-corrected chi connectivity index (χ0v) is 11.1. The number of benzene rings is 1. The molecule has 3 aromatic rings. The number of nitrogens with zero attached hydrogens (tertiary/aromatic N) is 2. The normalized spacial score (nSPS) is 11.0. The van der Waals surface area contributed by atoms with Gasteiger partial charge in [0.25, 0.3) is 0 Å². The van der Waals surface area contributed by atoms with Crippen LogP contribution < -0.4 is 0 Å². The van der Waals surface area contributed by atoms with E-state index >= 15 is 0 Å². The van der Waals surface area contributed by atoms with E-state index in [4.69, 9.17) is 5.11 Å². The van der Waals surface area contributed by atoms with E-state index in [9.17, 15) is 4.79 Å². The molecular formula is C14H12N2O2S. The topological polar surface area (TPSA) is 55.1 Å². The summed E-state index contributed by atoms with van der Waals surface area (Å²) in [7, 11) is 1.96. The molecule has 0 saturated heterocycles. The highest BCUT2D eigenvalue weighted by atomic mass is 32.1. The van der Waals surface area contributed by atoms with E-state index in [1.807, 2.05) is 23.1 Å². The largest absolute Gasteiger partial charge is 0.478 e. The van der Waals surface area contributed by atoms with Gasteiger partial charge >= 0.3 is 5.97 Å². The molecule has 1 N–H and O–H groups in total. The molecule has 5 heteroatoms. The lowest BCUT2D eigenvalue weighted by Crippen LogP contribution is -1.98. The zero-order valence-electron chi connectivity index (χ0n) is 10.3. The molecule has 0 atom stereocenters. The first-order chi connectivity index (χ1) is 9.15. The number of carbonyl (C=O) groups is 1. The van der Waals surface area contributed by atoms with Gasteiger partial charge in [0.15, 0.2) is 0 Å². The first-order valence-electron chi connectivity index (χ1n) is 5.85. The van der Waals surface area contributed by atoms with Gasteiger partial charge in [-0.1, -0.05) is 0 Å². The van der Waals surface area contributed by atoms with Gasteiger partial charge in [-0.05, 0) is 40.6 Å². The molecule has 0 unspecified atom stereocenters. The van der Waals surface area contributed by atoms with Crippen molar-refractivity contribution in [2.75, 3.05) is 0 Å². The lowest BCUT2D eigenvalue weighted by Gasteiger charge is -2.00. The number of carboxylic acids is 1. The average molecular weight is 272 g/mol. The molecular weight excluding hydrogens is 260 g/mol. The van der Waals surface area contributed by atoms with E-state index in [1.165, 1.54) is 5.56 Å². The van der Waals surface area contributed by atoms with Crippen molar-refractivity contribution in [1.82, 2.24) is 9.55 Å². The highest BCUT2D eigenvalue weighted by molar-refractivity contribution is 7.07. The van der Waals surface area contributed by atoms with Crippen LogP contribution in [0.25, 0.3) is 11.0 Å². The van der Waals surface area contributed by atoms with Crippen molar-refractivity contribution >= 4 is 28.3 Å². The lowest BCUT2D eigenvalue weighted by atomic mass is 10.2. The Labute approximate surface area is 113 Å². The van der Waals surface area contributed by atoms with Gasteiger partial charge in [-0.3, -0.25) is 0 Å². The summed E-state index contributed by atoms with van der Waals surface area (Å²) < 4.78 is 2.01. The Morgan fingerprint density at radius 3 is 2.95 bits per heavy atom. The minimum atomic E-state index is -0.924. The number of rotatable bonds is 3. The Morgan fingerprint density at radius 1 is 1.42 bits per heavy atom. The van der Waals surface area contributed by atoms with Crippen molar-refractivity contribution in [3.63, 3.8) is 0 Å². The lowest BCUT2D eigenvalue weighted by molar-refractivity contribution is 0.0697. The second-order valence-electron chi connectivity index (χ2n) is 4.40. The number of aromatic nitrogens is 2. The van der Waals surface area contributed by atoms with Crippen LogP contribution in [0, 0.1) is 0 Å². The Morgan fingerprint density at radius 2 is 2.26 bits per heavy atom. The van der Waals surface area contributed by atoms with Crippen LogP contribution in [-0.4, -0.2) is 20.6 Å². The summed E-state index contributed by atoms with van der Waals surface area (Å²) in [6.07, 6.45) is 0.761. The number of hydrogen-bond donors (Lipinski definition) is 1. The smallest absolute Gasteiger partial charge is 0.335 e. The summed E-state index contributed by atoms with van der Waals surface area (Å²) in [5, 5.41) is 13.1. The summed E-state index contributed by atoms with van der Waals surface area (Å²) >= 11 is 1.66. The molecule has 3 rings (SSSR count). The third-order valence-electron chi connectivity index (χ3n) is 3.16. The summed E-state index contributed by atoms with van der Waals surface area (Å²) in [5.41, 5.74) is 3.18. The fourth-order valence-electron chi connectivity index (χ4n) is 2.12. The van der Waals surface area contributed by atoms with Crippen LogP contribution in [0.1, 0.15) is 21.7 Å². The predicted octanol–water partition coefficient (Wildman–Crippen LogP) is 2.92. The number of imidazole rings is 1. The molecule has 4 nitrogen and oxygen atoms in total. The van der Waals surface area contributed by atoms with Gasteiger partial charge < -0.3 is 9.67 Å². The summed E-state index contributed by atoms with van der Waals surface area (Å²) in [6.45, 7) is 0. The van der Waals surface area contributed by atoms with Crippen LogP contribution in [0.2, 0.25) is 0 Å². The van der Waals surface area contributed by atoms with Gasteiger partial charge in [0.2, 0.25) is 0 Å². The molecule has 96 valence electrons. The van der Waals surface area contributed by atoms with Gasteiger partial charge in [0.05, 0.1) is 16.6 Å². The molecule has 0 bridgehead atoms. The van der Waals surface area contributed by atoms with Crippen molar-refractivity contribution in [1.29, 1.82) is 0 Å². The van der Waals surface area contributed by atoms with Crippen molar-refractivity contribution in [2.24, 2.45) is 7.05 Å². The maximum Gasteiger partial charge on any atom is 0.335 e. The fourth-order valence-corrected chi connectivity index (χ4v) is 2.79. The predicted molar refractivity (Wildman–Crippen MR) is 74.8 cm³/mol. The van der Waals surface area contributed by atoms with Gasteiger partial charge in [0.1, 0.15) is 5.82 Å². The molecule has 0 saturated carbocycles. The van der Waals surface area contributed by atoms with E-state index in [2.05, 4.69) is 16.4 Å². The molecule has 1 aromatic carbocycles. The third-order valence-corrected chi connectivity index (χ3v) is 3.89. The van der Waals surface area contributed by atoms with Gasteiger partial charge in [-0.15, -0.1) is 0 Å². The van der Waals surface area contributed by atoms with Gasteiger partial charge in [0, 0.05) is 13.5 Å². The molecule has 2 aromatic heterocycles. The fraction of sp³-hybridized carbons (Fsp3) is 0.143. The number of aryl methyl sites for hydroxylation is 1. The summed E-state index contributed by atoms with van der Waals surface area (Å²) in [4.78, 5) is 15.5. The molecule has 0 spiro atoms. The number of hydrogen-bond acceptors (Lipinski definition) is 3. The van der Waals surface area contributed by atoms with E-state index < -0.39 is 5.97 Å². The molecule has 19 heavy (non-hydrogen) atoms. The van der Waals surface area contributed by atoms with Crippen molar-refractivity contribution in [2.45, 2.75) is 6.42 Å². The highest BCUT2D eigenvalue weighted by Gasteiger charge is 2.11. The van der Waals surface area contributed by atoms with Gasteiger partial charge in [-0.25, -0.2) is 9.78 Å². The molecule has 0 fully saturated rings. The van der Waals surface area contributed by atoms with E-state index in [0.717, 1.165) is 23.3 Å². The average Bonchev–Trinajstić information content (AvgIpc) is 2.99. The highest BCUT2D eigenvalue weighted by Crippen LogP contribution is 2.19. The minimum Gasteiger partial charge on any atom is -0.478 e. The van der Waals surface area contributed by atoms with E-state index in [0.29, 0.717) is 0 Å². The van der Waals surface area contributed by atoms with E-state index in [-0.39, 0.29) is 5.56 Å². The Hall–Kier alpha value is -2.14. The first kappa shape index (κ1) is 11.9.